The van der Waals surface area contributed by atoms with Crippen molar-refractivity contribution in [1.29, 1.82) is 0 Å². The summed E-state index contributed by atoms with van der Waals surface area (Å²) in [5.41, 5.74) is 1.96. The number of rotatable bonds is 6. The molecule has 1 saturated heterocycles. The molecule has 3 rings (SSSR count). The monoisotopic (exact) mass is 392 g/mol. The van der Waals surface area contributed by atoms with E-state index in [2.05, 4.69) is 5.32 Å². The van der Waals surface area contributed by atoms with Crippen LogP contribution >= 0.6 is 0 Å². The second-order valence-electron chi connectivity index (χ2n) is 7.32. The number of likely N-dealkylation sites (tertiary alicyclic amines) is 1. The molecule has 0 aromatic heterocycles. The van der Waals surface area contributed by atoms with Gasteiger partial charge in [0.05, 0.1) is 13.2 Å². The van der Waals surface area contributed by atoms with Gasteiger partial charge in [-0.2, -0.15) is 0 Å². The molecule has 2 aromatic carbocycles. The topological polar surface area (TPSA) is 58.6 Å². The Bertz CT molecular complexity index is 855. The van der Waals surface area contributed by atoms with Gasteiger partial charge in [0.2, 0.25) is 11.8 Å². The molecule has 1 aliphatic rings. The number of carbonyl (C=O) groups is 2. The van der Waals surface area contributed by atoms with Gasteiger partial charge < -0.3 is 15.0 Å². The minimum absolute atomic E-state index is 0.00454. The van der Waals surface area contributed by atoms with E-state index >= 15 is 0 Å². The van der Waals surface area contributed by atoms with Crippen molar-refractivity contribution >= 4 is 17.9 Å². The maximum absolute atomic E-state index is 12.7. The average Bonchev–Trinajstić information content (AvgIpc) is 2.78. The molecule has 0 spiro atoms. The van der Waals surface area contributed by atoms with Gasteiger partial charge in [0.15, 0.2) is 0 Å². The molecule has 2 amide bonds. The second-order valence-corrected chi connectivity index (χ2v) is 7.32. The van der Waals surface area contributed by atoms with Crippen molar-refractivity contribution in [2.45, 2.75) is 25.8 Å². The first-order chi connectivity index (χ1) is 14.1. The lowest BCUT2D eigenvalue weighted by Gasteiger charge is -2.31. The molecule has 1 heterocycles. The molecule has 0 saturated carbocycles. The number of piperidine rings is 1. The van der Waals surface area contributed by atoms with Crippen molar-refractivity contribution in [3.05, 3.63) is 71.8 Å². The van der Waals surface area contributed by atoms with E-state index in [1.54, 1.807) is 13.2 Å². The van der Waals surface area contributed by atoms with Gasteiger partial charge in [-0.1, -0.05) is 48.5 Å². The van der Waals surface area contributed by atoms with Gasteiger partial charge in [-0.05, 0) is 37.5 Å². The first-order valence-electron chi connectivity index (χ1n) is 10.0. The third kappa shape index (κ3) is 5.47. The number of ether oxygens (including phenoxy) is 1. The van der Waals surface area contributed by atoms with Gasteiger partial charge in [0, 0.05) is 30.6 Å². The van der Waals surface area contributed by atoms with Gasteiger partial charge >= 0.3 is 0 Å². The molecule has 0 radical (unpaired) electrons. The number of carbonyl (C=O) groups excluding carboxylic acids is 2. The summed E-state index contributed by atoms with van der Waals surface area (Å²) in [6.45, 7) is 3.15. The summed E-state index contributed by atoms with van der Waals surface area (Å²) in [6, 6.07) is 17.3. The Hall–Kier alpha value is -3.08. The molecule has 1 fully saturated rings. The van der Waals surface area contributed by atoms with Crippen LogP contribution < -0.4 is 10.1 Å². The molecule has 152 valence electrons. The van der Waals surface area contributed by atoms with Crippen molar-refractivity contribution in [2.75, 3.05) is 20.2 Å². The number of amides is 2. The Labute approximate surface area is 172 Å². The fourth-order valence-corrected chi connectivity index (χ4v) is 3.63. The maximum Gasteiger partial charge on any atom is 0.246 e. The molecular weight excluding hydrogens is 364 g/mol. The lowest BCUT2D eigenvalue weighted by molar-refractivity contribution is -0.132. The number of hydrogen-bond donors (Lipinski definition) is 1. The van der Waals surface area contributed by atoms with E-state index < -0.39 is 0 Å². The molecule has 0 bridgehead atoms. The lowest BCUT2D eigenvalue weighted by Crippen LogP contribution is -2.43. The first-order valence-corrected chi connectivity index (χ1v) is 10.0. The summed E-state index contributed by atoms with van der Waals surface area (Å²) in [5.74, 6) is 0.727. The average molecular weight is 392 g/mol. The predicted octanol–water partition coefficient (Wildman–Crippen LogP) is 3.82. The Balaban J connectivity index is 1.50. The highest BCUT2D eigenvalue weighted by Crippen LogP contribution is 2.25. The quantitative estimate of drug-likeness (QED) is 0.760. The van der Waals surface area contributed by atoms with E-state index in [0.29, 0.717) is 25.9 Å². The van der Waals surface area contributed by atoms with Crippen LogP contribution in [0.3, 0.4) is 0 Å². The molecule has 1 aliphatic heterocycles. The minimum atomic E-state index is -0.132. The summed E-state index contributed by atoms with van der Waals surface area (Å²) in [7, 11) is 1.63. The Morgan fingerprint density at radius 2 is 1.72 bits per heavy atom. The van der Waals surface area contributed by atoms with Gasteiger partial charge in [0.1, 0.15) is 5.75 Å². The van der Waals surface area contributed by atoms with Crippen LogP contribution in [0, 0.1) is 5.92 Å². The van der Waals surface area contributed by atoms with E-state index in [4.69, 9.17) is 4.74 Å². The molecule has 5 heteroatoms. The van der Waals surface area contributed by atoms with E-state index in [1.807, 2.05) is 72.5 Å². The van der Waals surface area contributed by atoms with Crippen molar-refractivity contribution in [1.82, 2.24) is 10.2 Å². The highest BCUT2D eigenvalue weighted by atomic mass is 16.5. The number of methoxy groups -OCH3 is 1. The largest absolute Gasteiger partial charge is 0.496 e. The van der Waals surface area contributed by atoms with Crippen LogP contribution in [0.5, 0.6) is 5.75 Å². The van der Waals surface area contributed by atoms with Crippen LogP contribution in [0.25, 0.3) is 6.08 Å². The van der Waals surface area contributed by atoms with Crippen LogP contribution in [0.2, 0.25) is 0 Å². The SMILES string of the molecule is COc1ccccc1C(C)NC(=O)C1CCN(C(=O)C=Cc2ccccc2)CC1. The van der Waals surface area contributed by atoms with Crippen LogP contribution in [-0.4, -0.2) is 36.9 Å². The normalized spacial score (nSPS) is 15.9. The van der Waals surface area contributed by atoms with E-state index in [0.717, 1.165) is 16.9 Å². The smallest absolute Gasteiger partial charge is 0.246 e. The zero-order valence-electron chi connectivity index (χ0n) is 17.0. The van der Waals surface area contributed by atoms with Crippen molar-refractivity contribution in [2.24, 2.45) is 5.92 Å². The molecule has 1 N–H and O–H groups in total. The second kappa shape index (κ2) is 9.92. The minimum Gasteiger partial charge on any atom is -0.496 e. The van der Waals surface area contributed by atoms with Crippen LogP contribution in [0.4, 0.5) is 0 Å². The van der Waals surface area contributed by atoms with E-state index in [1.165, 1.54) is 0 Å². The molecule has 5 nitrogen and oxygen atoms in total. The fraction of sp³-hybridized carbons (Fsp3) is 0.333. The van der Waals surface area contributed by atoms with Crippen molar-refractivity contribution < 1.29 is 14.3 Å². The van der Waals surface area contributed by atoms with Crippen LogP contribution in [0.15, 0.2) is 60.7 Å². The Kier molecular flexibility index (Phi) is 7.06. The number of hydrogen-bond acceptors (Lipinski definition) is 3. The third-order valence-corrected chi connectivity index (χ3v) is 5.36. The predicted molar refractivity (Wildman–Crippen MR) is 114 cm³/mol. The Morgan fingerprint density at radius 1 is 1.07 bits per heavy atom. The van der Waals surface area contributed by atoms with Gasteiger partial charge in [-0.3, -0.25) is 9.59 Å². The summed E-state index contributed by atoms with van der Waals surface area (Å²) in [5, 5.41) is 3.09. The van der Waals surface area contributed by atoms with Crippen LogP contribution in [0.1, 0.15) is 36.9 Å². The summed E-state index contributed by atoms with van der Waals surface area (Å²) >= 11 is 0. The molecular formula is C24H28N2O3. The molecule has 1 atom stereocenters. The van der Waals surface area contributed by atoms with Gasteiger partial charge in [0.25, 0.3) is 0 Å². The zero-order chi connectivity index (χ0) is 20.6. The third-order valence-electron chi connectivity index (χ3n) is 5.36. The van der Waals surface area contributed by atoms with E-state index in [-0.39, 0.29) is 23.8 Å². The van der Waals surface area contributed by atoms with E-state index in [9.17, 15) is 9.59 Å². The molecule has 1 unspecified atom stereocenters. The Morgan fingerprint density at radius 3 is 2.41 bits per heavy atom. The lowest BCUT2D eigenvalue weighted by atomic mass is 9.95. The number of benzene rings is 2. The maximum atomic E-state index is 12.7. The molecule has 0 aliphatic carbocycles. The number of nitrogens with one attached hydrogen (secondary N) is 1. The highest BCUT2D eigenvalue weighted by molar-refractivity contribution is 5.92. The van der Waals surface area contributed by atoms with Crippen molar-refractivity contribution in [3.8, 4) is 5.75 Å². The summed E-state index contributed by atoms with van der Waals surface area (Å²) in [6.07, 6.45) is 4.79. The summed E-state index contributed by atoms with van der Waals surface area (Å²) < 4.78 is 5.39. The fourth-order valence-electron chi connectivity index (χ4n) is 3.63. The first kappa shape index (κ1) is 20.6. The van der Waals surface area contributed by atoms with Crippen molar-refractivity contribution in [3.63, 3.8) is 0 Å². The van der Waals surface area contributed by atoms with Gasteiger partial charge in [-0.15, -0.1) is 0 Å². The molecule has 2 aromatic rings. The zero-order valence-corrected chi connectivity index (χ0v) is 17.0. The highest BCUT2D eigenvalue weighted by Gasteiger charge is 2.27. The summed E-state index contributed by atoms with van der Waals surface area (Å²) in [4.78, 5) is 26.9. The van der Waals surface area contributed by atoms with Gasteiger partial charge in [-0.25, -0.2) is 0 Å². The molecule has 29 heavy (non-hydrogen) atoms. The standard InChI is InChI=1S/C24H28N2O3/c1-18(21-10-6-7-11-22(21)29-2)25-24(28)20-14-16-26(17-15-20)23(27)13-12-19-8-4-3-5-9-19/h3-13,18,20H,14-17H2,1-2H3,(H,25,28). The number of nitrogens with zero attached hydrogens (tertiary/aromatic N) is 1. The number of para-hydroxylation sites is 1. The van der Waals surface area contributed by atoms with Crippen LogP contribution in [-0.2, 0) is 9.59 Å².